The van der Waals surface area contributed by atoms with Crippen LogP contribution in [0.15, 0.2) is 30.3 Å². The molecule has 0 atom stereocenters. The van der Waals surface area contributed by atoms with Gasteiger partial charge in [-0.1, -0.05) is 30.3 Å². The van der Waals surface area contributed by atoms with Gasteiger partial charge < -0.3 is 10.4 Å². The molecular weight excluding hydrogens is 256 g/mol. The van der Waals surface area contributed by atoms with E-state index in [2.05, 4.69) is 22.3 Å². The van der Waals surface area contributed by atoms with Gasteiger partial charge in [-0.05, 0) is 18.4 Å². The predicted octanol–water partition coefficient (Wildman–Crippen LogP) is 1.24. The molecule has 5 nitrogen and oxygen atoms in total. The van der Waals surface area contributed by atoms with E-state index in [1.807, 2.05) is 18.2 Å². The van der Waals surface area contributed by atoms with Crippen LogP contribution in [0.2, 0.25) is 0 Å². The van der Waals surface area contributed by atoms with Crippen LogP contribution in [0.25, 0.3) is 0 Å². The third-order valence-corrected chi connectivity index (χ3v) is 3.78. The minimum Gasteiger partial charge on any atom is -0.480 e. The van der Waals surface area contributed by atoms with E-state index in [0.29, 0.717) is 25.9 Å². The molecule has 0 aromatic heterocycles. The summed E-state index contributed by atoms with van der Waals surface area (Å²) in [4.78, 5) is 24.9. The van der Waals surface area contributed by atoms with Crippen LogP contribution in [-0.4, -0.2) is 40.5 Å². The lowest BCUT2D eigenvalue weighted by atomic mass is 9.87. The van der Waals surface area contributed by atoms with Gasteiger partial charge in [-0.3, -0.25) is 9.69 Å². The van der Waals surface area contributed by atoms with Crippen LogP contribution in [0.5, 0.6) is 0 Å². The Morgan fingerprint density at radius 2 is 1.85 bits per heavy atom. The van der Waals surface area contributed by atoms with Crippen molar-refractivity contribution in [3.8, 4) is 0 Å². The zero-order chi connectivity index (χ0) is 14.6. The van der Waals surface area contributed by atoms with E-state index in [0.717, 1.165) is 6.54 Å². The van der Waals surface area contributed by atoms with Gasteiger partial charge in [0.05, 0.1) is 0 Å². The minimum atomic E-state index is -1.10. The molecule has 1 heterocycles. The zero-order valence-electron chi connectivity index (χ0n) is 11.6. The second kappa shape index (κ2) is 6.05. The monoisotopic (exact) mass is 276 g/mol. The zero-order valence-corrected chi connectivity index (χ0v) is 11.6. The molecule has 1 aliphatic rings. The first-order valence-electron chi connectivity index (χ1n) is 6.80. The van der Waals surface area contributed by atoms with E-state index in [-0.39, 0.29) is 5.91 Å². The molecular formula is C15H20N2O3. The number of hydrogen-bond donors (Lipinski definition) is 2. The quantitative estimate of drug-likeness (QED) is 0.868. The van der Waals surface area contributed by atoms with Gasteiger partial charge in [0.15, 0.2) is 0 Å². The summed E-state index contributed by atoms with van der Waals surface area (Å²) in [7, 11) is 0. The van der Waals surface area contributed by atoms with Gasteiger partial charge in [0.2, 0.25) is 5.91 Å². The molecule has 1 fully saturated rings. The second-order valence-electron chi connectivity index (χ2n) is 5.33. The number of nitrogens with zero attached hydrogens (tertiary/aromatic N) is 1. The van der Waals surface area contributed by atoms with Crippen LogP contribution in [0, 0.1) is 0 Å². The molecule has 5 heteroatoms. The lowest BCUT2D eigenvalue weighted by Crippen LogP contribution is -2.59. The minimum absolute atomic E-state index is 0.288. The highest BCUT2D eigenvalue weighted by molar-refractivity contribution is 5.86. The van der Waals surface area contributed by atoms with E-state index < -0.39 is 11.5 Å². The molecule has 108 valence electrons. The first-order chi connectivity index (χ1) is 9.52. The van der Waals surface area contributed by atoms with Crippen LogP contribution in [0.1, 0.15) is 25.3 Å². The number of carbonyl (C=O) groups excluding carboxylic acids is 1. The van der Waals surface area contributed by atoms with Gasteiger partial charge in [-0.2, -0.15) is 0 Å². The number of benzene rings is 1. The number of carboxylic acids is 1. The van der Waals surface area contributed by atoms with Crippen LogP contribution in [0.4, 0.5) is 0 Å². The summed E-state index contributed by atoms with van der Waals surface area (Å²) in [5.74, 6) is -1.23. The fourth-order valence-electron chi connectivity index (χ4n) is 2.66. The number of rotatable bonds is 4. The molecule has 1 aliphatic heterocycles. The molecule has 0 radical (unpaired) electrons. The highest BCUT2D eigenvalue weighted by Gasteiger charge is 2.42. The summed E-state index contributed by atoms with van der Waals surface area (Å²) in [6.07, 6.45) is 0.878. The molecule has 20 heavy (non-hydrogen) atoms. The van der Waals surface area contributed by atoms with Gasteiger partial charge in [0.25, 0.3) is 0 Å². The maximum Gasteiger partial charge on any atom is 0.329 e. The van der Waals surface area contributed by atoms with Crippen molar-refractivity contribution in [3.63, 3.8) is 0 Å². The molecule has 0 spiro atoms. The summed E-state index contributed by atoms with van der Waals surface area (Å²) >= 11 is 0. The lowest BCUT2D eigenvalue weighted by Gasteiger charge is -2.39. The Labute approximate surface area is 118 Å². The van der Waals surface area contributed by atoms with Crippen LogP contribution < -0.4 is 5.32 Å². The largest absolute Gasteiger partial charge is 0.480 e. The number of carboxylic acid groups (broad SMARTS) is 1. The van der Waals surface area contributed by atoms with Crippen molar-refractivity contribution < 1.29 is 14.7 Å². The molecule has 0 bridgehead atoms. The first kappa shape index (κ1) is 14.5. The molecule has 0 unspecified atom stereocenters. The number of piperidine rings is 1. The number of carbonyl (C=O) groups is 2. The fraction of sp³-hybridized carbons (Fsp3) is 0.467. The van der Waals surface area contributed by atoms with E-state index in [1.54, 1.807) is 0 Å². The number of amides is 1. The molecule has 1 aromatic carbocycles. The third-order valence-electron chi connectivity index (χ3n) is 3.78. The van der Waals surface area contributed by atoms with Gasteiger partial charge in [-0.15, -0.1) is 0 Å². The summed E-state index contributed by atoms with van der Waals surface area (Å²) < 4.78 is 0. The average molecular weight is 276 g/mol. The van der Waals surface area contributed by atoms with E-state index in [1.165, 1.54) is 12.5 Å². The molecule has 0 saturated carbocycles. The van der Waals surface area contributed by atoms with Gasteiger partial charge in [-0.25, -0.2) is 4.79 Å². The molecule has 1 saturated heterocycles. The Balaban J connectivity index is 1.96. The predicted molar refractivity (Wildman–Crippen MR) is 75.1 cm³/mol. The van der Waals surface area contributed by atoms with E-state index in [9.17, 15) is 14.7 Å². The Kier molecular flexibility index (Phi) is 4.39. The van der Waals surface area contributed by atoms with Gasteiger partial charge >= 0.3 is 5.97 Å². The SMILES string of the molecule is CC(=O)NC1(C(=O)O)CCN(Cc2ccccc2)CC1. The Bertz CT molecular complexity index is 479. The molecule has 2 N–H and O–H groups in total. The van der Waals surface area contributed by atoms with Crippen molar-refractivity contribution in [2.24, 2.45) is 0 Å². The summed E-state index contributed by atoms with van der Waals surface area (Å²) in [5.41, 5.74) is 0.119. The Morgan fingerprint density at radius 3 is 2.35 bits per heavy atom. The number of nitrogens with one attached hydrogen (secondary N) is 1. The smallest absolute Gasteiger partial charge is 0.329 e. The van der Waals surface area contributed by atoms with Crippen molar-refractivity contribution in [2.45, 2.75) is 31.8 Å². The van der Waals surface area contributed by atoms with Crippen molar-refractivity contribution in [1.82, 2.24) is 10.2 Å². The highest BCUT2D eigenvalue weighted by Crippen LogP contribution is 2.24. The lowest BCUT2D eigenvalue weighted by molar-refractivity contribution is -0.149. The standard InChI is InChI=1S/C15H20N2O3/c1-12(18)16-15(14(19)20)7-9-17(10-8-15)11-13-5-3-2-4-6-13/h2-6H,7-11H2,1H3,(H,16,18)(H,19,20). The molecule has 1 amide bonds. The van der Waals surface area contributed by atoms with Gasteiger partial charge in [0, 0.05) is 26.6 Å². The summed E-state index contributed by atoms with van der Waals surface area (Å²) in [5, 5.41) is 12.0. The first-order valence-corrected chi connectivity index (χ1v) is 6.80. The third kappa shape index (κ3) is 3.36. The topological polar surface area (TPSA) is 69.6 Å². The van der Waals surface area contributed by atoms with Crippen molar-refractivity contribution in [1.29, 1.82) is 0 Å². The Hall–Kier alpha value is -1.88. The molecule has 2 rings (SSSR count). The van der Waals surface area contributed by atoms with Crippen LogP contribution in [-0.2, 0) is 16.1 Å². The Morgan fingerprint density at radius 1 is 1.25 bits per heavy atom. The highest BCUT2D eigenvalue weighted by atomic mass is 16.4. The van der Waals surface area contributed by atoms with Crippen LogP contribution >= 0.6 is 0 Å². The number of hydrogen-bond acceptors (Lipinski definition) is 3. The normalized spacial score (nSPS) is 18.4. The number of likely N-dealkylation sites (tertiary alicyclic amines) is 1. The van der Waals surface area contributed by atoms with E-state index in [4.69, 9.17) is 0 Å². The fourth-order valence-corrected chi connectivity index (χ4v) is 2.66. The van der Waals surface area contributed by atoms with Gasteiger partial charge in [0.1, 0.15) is 5.54 Å². The average Bonchev–Trinajstić information content (AvgIpc) is 2.41. The van der Waals surface area contributed by atoms with Crippen LogP contribution in [0.3, 0.4) is 0 Å². The summed E-state index contributed by atoms with van der Waals surface area (Å²) in [6.45, 7) is 3.51. The maximum absolute atomic E-state index is 11.4. The number of aliphatic carboxylic acids is 1. The molecule has 0 aliphatic carbocycles. The van der Waals surface area contributed by atoms with Crippen molar-refractivity contribution in [3.05, 3.63) is 35.9 Å². The van der Waals surface area contributed by atoms with E-state index >= 15 is 0 Å². The second-order valence-corrected chi connectivity index (χ2v) is 5.33. The maximum atomic E-state index is 11.4. The van der Waals surface area contributed by atoms with Crippen molar-refractivity contribution in [2.75, 3.05) is 13.1 Å². The molecule has 1 aromatic rings. The van der Waals surface area contributed by atoms with Crippen molar-refractivity contribution >= 4 is 11.9 Å². The summed E-state index contributed by atoms with van der Waals surface area (Å²) in [6, 6.07) is 10.1.